The van der Waals surface area contributed by atoms with E-state index in [0.717, 1.165) is 65.2 Å². The fourth-order valence-electron chi connectivity index (χ4n) is 4.77. The number of quaternary nitrogens is 2. The predicted octanol–water partition coefficient (Wildman–Crippen LogP) is 0.922. The van der Waals surface area contributed by atoms with Gasteiger partial charge in [0.15, 0.2) is 0 Å². The van der Waals surface area contributed by atoms with Crippen LogP contribution in [0.5, 0.6) is 0 Å². The summed E-state index contributed by atoms with van der Waals surface area (Å²) in [7, 11) is 0. The number of nitrogens with zero attached hydrogens (tertiary/aromatic N) is 1. The molecule has 4 rings (SSSR count). The number of piperazine rings is 1. The highest BCUT2D eigenvalue weighted by Crippen LogP contribution is 2.14. The highest BCUT2D eigenvalue weighted by Gasteiger charge is 2.32. The largest absolute Gasteiger partial charge is 0.331 e. The molecule has 30 heavy (non-hydrogen) atoms. The number of rotatable bonds is 6. The van der Waals surface area contributed by atoms with E-state index in [9.17, 15) is 4.79 Å². The van der Waals surface area contributed by atoms with Crippen LogP contribution in [-0.4, -0.2) is 56.6 Å². The molecule has 2 fully saturated rings. The molecule has 0 saturated carbocycles. The van der Waals surface area contributed by atoms with E-state index in [1.807, 2.05) is 6.07 Å². The van der Waals surface area contributed by atoms with Crippen LogP contribution in [0.25, 0.3) is 6.08 Å². The third kappa shape index (κ3) is 5.80. The van der Waals surface area contributed by atoms with Gasteiger partial charge in [0.2, 0.25) is 5.91 Å². The van der Waals surface area contributed by atoms with E-state index in [1.54, 1.807) is 9.80 Å². The molecule has 2 N–H and O–H groups in total. The fourth-order valence-corrected chi connectivity index (χ4v) is 4.77. The molecule has 0 aliphatic carbocycles. The van der Waals surface area contributed by atoms with Gasteiger partial charge in [-0.2, -0.15) is 0 Å². The average Bonchev–Trinajstić information content (AvgIpc) is 2.81. The molecule has 4 nitrogen and oxygen atoms in total. The van der Waals surface area contributed by atoms with E-state index in [1.165, 1.54) is 11.1 Å². The molecule has 2 aromatic rings. The SMILES string of the molecule is O=C(C1CC[NH+](Cc2ccccc2)CC1)N1CC[NH+](C/C=C/c2ccccc2)CC1. The lowest BCUT2D eigenvalue weighted by Crippen LogP contribution is -3.14. The Morgan fingerprint density at radius 2 is 1.50 bits per heavy atom. The number of carbonyl (C=O) groups is 1. The molecule has 2 saturated heterocycles. The maximum atomic E-state index is 13.0. The highest BCUT2D eigenvalue weighted by atomic mass is 16.2. The minimum atomic E-state index is 0.240. The van der Waals surface area contributed by atoms with Crippen LogP contribution < -0.4 is 9.80 Å². The van der Waals surface area contributed by atoms with Gasteiger partial charge in [0.05, 0.1) is 45.8 Å². The van der Waals surface area contributed by atoms with E-state index in [0.29, 0.717) is 5.91 Å². The molecule has 1 amide bonds. The van der Waals surface area contributed by atoms with E-state index >= 15 is 0 Å². The number of carbonyl (C=O) groups excluding carboxylic acids is 1. The van der Waals surface area contributed by atoms with Crippen molar-refractivity contribution in [1.29, 1.82) is 0 Å². The monoisotopic (exact) mass is 405 g/mol. The zero-order valence-electron chi connectivity index (χ0n) is 17.9. The fraction of sp³-hybridized carbons (Fsp3) is 0.423. The Bertz CT molecular complexity index is 805. The normalized spacial score (nSPS) is 23.0. The number of hydrogen-bond donors (Lipinski definition) is 2. The van der Waals surface area contributed by atoms with Gasteiger partial charge in [-0.1, -0.05) is 66.7 Å². The summed E-state index contributed by atoms with van der Waals surface area (Å²) in [6.45, 7) is 8.28. The molecule has 2 aromatic carbocycles. The number of likely N-dealkylation sites (tertiary alicyclic amines) is 1. The van der Waals surface area contributed by atoms with Crippen molar-refractivity contribution >= 4 is 12.0 Å². The molecule has 0 atom stereocenters. The van der Waals surface area contributed by atoms with Crippen LogP contribution in [0.4, 0.5) is 0 Å². The summed E-state index contributed by atoms with van der Waals surface area (Å²) >= 11 is 0. The van der Waals surface area contributed by atoms with Gasteiger partial charge in [-0.25, -0.2) is 0 Å². The van der Waals surface area contributed by atoms with Crippen molar-refractivity contribution in [3.05, 3.63) is 77.9 Å². The second-order valence-electron chi connectivity index (χ2n) is 8.78. The van der Waals surface area contributed by atoms with Gasteiger partial charge < -0.3 is 14.7 Å². The van der Waals surface area contributed by atoms with Gasteiger partial charge in [0.25, 0.3) is 0 Å². The van der Waals surface area contributed by atoms with Crippen molar-refractivity contribution in [3.8, 4) is 0 Å². The summed E-state index contributed by atoms with van der Waals surface area (Å²) < 4.78 is 0. The molecule has 4 heteroatoms. The summed E-state index contributed by atoms with van der Waals surface area (Å²) in [6.07, 6.45) is 6.55. The quantitative estimate of drug-likeness (QED) is 0.736. The minimum Gasteiger partial charge on any atom is -0.331 e. The Hall–Kier alpha value is -2.43. The van der Waals surface area contributed by atoms with Gasteiger partial charge >= 0.3 is 0 Å². The van der Waals surface area contributed by atoms with E-state index in [-0.39, 0.29) is 5.92 Å². The van der Waals surface area contributed by atoms with Crippen LogP contribution in [0.2, 0.25) is 0 Å². The first-order chi connectivity index (χ1) is 14.8. The lowest BCUT2D eigenvalue weighted by molar-refractivity contribution is -0.919. The highest BCUT2D eigenvalue weighted by molar-refractivity contribution is 5.79. The lowest BCUT2D eigenvalue weighted by Gasteiger charge is -2.36. The van der Waals surface area contributed by atoms with Crippen molar-refractivity contribution < 1.29 is 14.6 Å². The smallest absolute Gasteiger partial charge is 0.226 e. The number of nitrogens with one attached hydrogen (secondary N) is 2. The topological polar surface area (TPSA) is 29.2 Å². The van der Waals surface area contributed by atoms with Gasteiger partial charge in [-0.3, -0.25) is 4.79 Å². The molecule has 2 heterocycles. The zero-order chi connectivity index (χ0) is 20.6. The molecule has 2 aliphatic heterocycles. The molecule has 0 unspecified atom stereocenters. The number of hydrogen-bond acceptors (Lipinski definition) is 1. The van der Waals surface area contributed by atoms with Crippen LogP contribution in [0.1, 0.15) is 24.0 Å². The van der Waals surface area contributed by atoms with Crippen LogP contribution in [0, 0.1) is 5.92 Å². The van der Waals surface area contributed by atoms with Gasteiger partial charge in [0.1, 0.15) is 6.54 Å². The van der Waals surface area contributed by atoms with E-state index in [4.69, 9.17) is 0 Å². The second kappa shape index (κ2) is 10.6. The molecule has 2 aliphatic rings. The third-order valence-electron chi connectivity index (χ3n) is 6.64. The number of piperidine rings is 1. The Morgan fingerprint density at radius 1 is 0.867 bits per heavy atom. The van der Waals surface area contributed by atoms with Gasteiger partial charge in [-0.05, 0) is 11.6 Å². The van der Waals surface area contributed by atoms with Crippen LogP contribution in [0.15, 0.2) is 66.7 Å². The van der Waals surface area contributed by atoms with Crippen LogP contribution in [-0.2, 0) is 11.3 Å². The summed E-state index contributed by atoms with van der Waals surface area (Å²) in [6, 6.07) is 21.2. The first-order valence-electron chi connectivity index (χ1n) is 11.5. The average molecular weight is 406 g/mol. The maximum Gasteiger partial charge on any atom is 0.226 e. The second-order valence-corrected chi connectivity index (χ2v) is 8.78. The Balaban J connectivity index is 1.17. The third-order valence-corrected chi connectivity index (χ3v) is 6.64. The minimum absolute atomic E-state index is 0.240. The summed E-state index contributed by atoms with van der Waals surface area (Å²) in [5.74, 6) is 0.650. The van der Waals surface area contributed by atoms with Crippen LogP contribution >= 0.6 is 0 Å². The van der Waals surface area contributed by atoms with Crippen LogP contribution in [0.3, 0.4) is 0 Å². The van der Waals surface area contributed by atoms with Crippen molar-refractivity contribution in [1.82, 2.24) is 4.90 Å². The summed E-state index contributed by atoms with van der Waals surface area (Å²) in [5.41, 5.74) is 2.66. The van der Waals surface area contributed by atoms with E-state index < -0.39 is 0 Å². The molecule has 0 bridgehead atoms. The van der Waals surface area contributed by atoms with Crippen molar-refractivity contribution in [2.75, 3.05) is 45.8 Å². The number of amides is 1. The summed E-state index contributed by atoms with van der Waals surface area (Å²) in [4.78, 5) is 18.3. The Labute approximate surface area is 180 Å². The maximum absolute atomic E-state index is 13.0. The van der Waals surface area contributed by atoms with Gasteiger partial charge in [0, 0.05) is 24.3 Å². The molecule has 0 aromatic heterocycles. The molecular weight excluding hydrogens is 370 g/mol. The van der Waals surface area contributed by atoms with Gasteiger partial charge in [-0.15, -0.1) is 0 Å². The molecule has 158 valence electrons. The first kappa shape index (κ1) is 20.8. The summed E-state index contributed by atoms with van der Waals surface area (Å²) in [5, 5.41) is 0. The van der Waals surface area contributed by atoms with Crippen molar-refractivity contribution in [3.63, 3.8) is 0 Å². The Kier molecular flexibility index (Phi) is 7.33. The van der Waals surface area contributed by atoms with E-state index in [2.05, 4.69) is 71.6 Å². The molecule has 0 radical (unpaired) electrons. The number of benzene rings is 2. The molecular formula is C26H35N3O+2. The Morgan fingerprint density at radius 3 is 2.17 bits per heavy atom. The predicted molar refractivity (Wildman–Crippen MR) is 121 cm³/mol. The lowest BCUT2D eigenvalue weighted by atomic mass is 9.94. The van der Waals surface area contributed by atoms with Crippen molar-refractivity contribution in [2.45, 2.75) is 19.4 Å². The zero-order valence-corrected chi connectivity index (χ0v) is 17.9. The van der Waals surface area contributed by atoms with Crippen molar-refractivity contribution in [2.24, 2.45) is 5.92 Å². The first-order valence-corrected chi connectivity index (χ1v) is 11.5. The molecule has 0 spiro atoms. The standard InChI is InChI=1S/C26H33N3O/c30-26(25-13-16-28(17-14-25)22-24-10-5-2-6-11-24)29-20-18-27(19-21-29)15-7-12-23-8-3-1-4-9-23/h1-12,25H,13-22H2/p+2/b12-7+.